The lowest BCUT2D eigenvalue weighted by molar-refractivity contribution is 0.578. The fourth-order valence-corrected chi connectivity index (χ4v) is 2.06. The van der Waals surface area contributed by atoms with Crippen molar-refractivity contribution in [2.75, 3.05) is 6.54 Å². The summed E-state index contributed by atoms with van der Waals surface area (Å²) >= 11 is 3.58. The summed E-state index contributed by atoms with van der Waals surface area (Å²) in [5.74, 6) is 0.759. The van der Waals surface area contributed by atoms with Crippen molar-refractivity contribution in [3.05, 3.63) is 0 Å². The largest absolute Gasteiger partial charge is 0.330 e. The molecule has 2 heteroatoms. The first kappa shape index (κ1) is 6.56. The molecule has 0 spiro atoms. The molecule has 1 nitrogen and oxygen atoms in total. The second kappa shape index (κ2) is 2.83. The highest BCUT2D eigenvalue weighted by atomic mass is 79.9. The number of rotatable bonds is 1. The highest BCUT2D eigenvalue weighted by molar-refractivity contribution is 9.09. The Kier molecular flexibility index (Phi) is 2.32. The maximum atomic E-state index is 5.49. The Morgan fingerprint density at radius 2 is 2.25 bits per heavy atom. The van der Waals surface area contributed by atoms with Gasteiger partial charge in [-0.15, -0.1) is 0 Å². The van der Waals surface area contributed by atoms with Crippen LogP contribution in [0.2, 0.25) is 0 Å². The summed E-state index contributed by atoms with van der Waals surface area (Å²) in [4.78, 5) is 0.715. The molecule has 0 heterocycles. The van der Waals surface area contributed by atoms with Gasteiger partial charge in [0, 0.05) is 4.83 Å². The lowest BCUT2D eigenvalue weighted by Crippen LogP contribution is -2.17. The molecule has 0 amide bonds. The maximum Gasteiger partial charge on any atom is 0.0186 e. The summed E-state index contributed by atoms with van der Waals surface area (Å²) in [7, 11) is 0. The Hall–Kier alpha value is 0.440. The molecule has 1 aliphatic carbocycles. The van der Waals surface area contributed by atoms with Gasteiger partial charge in [-0.2, -0.15) is 0 Å². The van der Waals surface area contributed by atoms with Crippen LogP contribution in [-0.4, -0.2) is 11.4 Å². The van der Waals surface area contributed by atoms with Gasteiger partial charge < -0.3 is 5.73 Å². The third kappa shape index (κ3) is 1.23. The smallest absolute Gasteiger partial charge is 0.0186 e. The van der Waals surface area contributed by atoms with Crippen LogP contribution >= 0.6 is 15.9 Å². The zero-order valence-electron chi connectivity index (χ0n) is 4.94. The number of hydrogen-bond donors (Lipinski definition) is 1. The van der Waals surface area contributed by atoms with Gasteiger partial charge in [-0.1, -0.05) is 22.4 Å². The number of hydrogen-bond acceptors (Lipinski definition) is 1. The van der Waals surface area contributed by atoms with Crippen molar-refractivity contribution >= 4 is 15.9 Å². The molecule has 0 aromatic carbocycles. The average molecular weight is 178 g/mol. The molecule has 1 saturated carbocycles. The Labute approximate surface area is 58.8 Å². The van der Waals surface area contributed by atoms with E-state index in [1.54, 1.807) is 0 Å². The standard InChI is InChI=1S/C6H12BrN/c7-6-3-1-2-5(6)4-8/h5-6H,1-4,8H2. The quantitative estimate of drug-likeness (QED) is 0.605. The second-order valence-electron chi connectivity index (χ2n) is 2.44. The number of halogens is 1. The molecule has 1 fully saturated rings. The van der Waals surface area contributed by atoms with Gasteiger partial charge in [0.15, 0.2) is 0 Å². The van der Waals surface area contributed by atoms with Gasteiger partial charge >= 0.3 is 0 Å². The molecule has 2 atom stereocenters. The van der Waals surface area contributed by atoms with Crippen LogP contribution in [0.4, 0.5) is 0 Å². The first-order chi connectivity index (χ1) is 3.84. The molecule has 0 aromatic rings. The molecule has 1 rings (SSSR count). The molecule has 8 heavy (non-hydrogen) atoms. The lowest BCUT2D eigenvalue weighted by atomic mass is 10.1. The summed E-state index contributed by atoms with van der Waals surface area (Å²) in [5, 5.41) is 0. The minimum Gasteiger partial charge on any atom is -0.330 e. The SMILES string of the molecule is NCC1CCCC1Br. The molecule has 0 aromatic heterocycles. The summed E-state index contributed by atoms with van der Waals surface area (Å²) < 4.78 is 0. The van der Waals surface area contributed by atoms with Gasteiger partial charge in [-0.3, -0.25) is 0 Å². The predicted octanol–water partition coefficient (Wildman–Crippen LogP) is 1.51. The molecule has 1 aliphatic rings. The van der Waals surface area contributed by atoms with Crippen LogP contribution in [0.15, 0.2) is 0 Å². The van der Waals surface area contributed by atoms with E-state index in [2.05, 4.69) is 15.9 Å². The highest BCUT2D eigenvalue weighted by Crippen LogP contribution is 2.30. The van der Waals surface area contributed by atoms with Crippen molar-refractivity contribution in [3.63, 3.8) is 0 Å². The van der Waals surface area contributed by atoms with Crippen LogP contribution in [0.3, 0.4) is 0 Å². The average Bonchev–Trinajstić information content (AvgIpc) is 2.14. The van der Waals surface area contributed by atoms with Gasteiger partial charge in [-0.05, 0) is 25.3 Å². The molecule has 0 aliphatic heterocycles. The Morgan fingerprint density at radius 3 is 2.50 bits per heavy atom. The fraction of sp³-hybridized carbons (Fsp3) is 1.00. The van der Waals surface area contributed by atoms with Gasteiger partial charge in [0.2, 0.25) is 0 Å². The molecular formula is C6H12BrN. The van der Waals surface area contributed by atoms with Crippen molar-refractivity contribution in [2.24, 2.45) is 11.7 Å². The maximum absolute atomic E-state index is 5.49. The summed E-state index contributed by atoms with van der Waals surface area (Å²) in [6, 6.07) is 0. The molecule has 0 radical (unpaired) electrons. The van der Waals surface area contributed by atoms with E-state index in [9.17, 15) is 0 Å². The van der Waals surface area contributed by atoms with E-state index < -0.39 is 0 Å². The van der Waals surface area contributed by atoms with E-state index in [4.69, 9.17) is 5.73 Å². The predicted molar refractivity (Wildman–Crippen MR) is 39.1 cm³/mol. The van der Waals surface area contributed by atoms with Gasteiger partial charge in [0.05, 0.1) is 0 Å². The Morgan fingerprint density at radius 1 is 1.50 bits per heavy atom. The first-order valence-electron chi connectivity index (χ1n) is 3.18. The fourth-order valence-electron chi connectivity index (χ4n) is 1.26. The van der Waals surface area contributed by atoms with Crippen LogP contribution in [0.1, 0.15) is 19.3 Å². The van der Waals surface area contributed by atoms with Crippen molar-refractivity contribution in [1.82, 2.24) is 0 Å². The van der Waals surface area contributed by atoms with Gasteiger partial charge in [-0.25, -0.2) is 0 Å². The van der Waals surface area contributed by atoms with Crippen molar-refractivity contribution in [1.29, 1.82) is 0 Å². The van der Waals surface area contributed by atoms with E-state index in [0.717, 1.165) is 12.5 Å². The molecule has 48 valence electrons. The molecule has 0 bridgehead atoms. The molecule has 2 unspecified atom stereocenters. The zero-order chi connectivity index (χ0) is 5.98. The third-order valence-corrected chi connectivity index (χ3v) is 3.07. The summed E-state index contributed by atoms with van der Waals surface area (Å²) in [5.41, 5.74) is 5.49. The van der Waals surface area contributed by atoms with E-state index >= 15 is 0 Å². The topological polar surface area (TPSA) is 26.0 Å². The van der Waals surface area contributed by atoms with Crippen LogP contribution in [0, 0.1) is 5.92 Å². The molecular weight excluding hydrogens is 166 g/mol. The number of nitrogens with two attached hydrogens (primary N) is 1. The van der Waals surface area contributed by atoms with Crippen LogP contribution in [0.5, 0.6) is 0 Å². The zero-order valence-corrected chi connectivity index (χ0v) is 6.52. The van der Waals surface area contributed by atoms with Gasteiger partial charge in [0.25, 0.3) is 0 Å². The summed E-state index contributed by atoms with van der Waals surface area (Å²) in [6.07, 6.45) is 4.01. The normalized spacial score (nSPS) is 38.2. The van der Waals surface area contributed by atoms with E-state index in [1.165, 1.54) is 19.3 Å². The van der Waals surface area contributed by atoms with Crippen molar-refractivity contribution in [2.45, 2.75) is 24.1 Å². The minimum atomic E-state index is 0.715. The van der Waals surface area contributed by atoms with Crippen LogP contribution in [0.25, 0.3) is 0 Å². The third-order valence-electron chi connectivity index (χ3n) is 1.87. The van der Waals surface area contributed by atoms with Crippen molar-refractivity contribution in [3.8, 4) is 0 Å². The van der Waals surface area contributed by atoms with E-state index in [0.29, 0.717) is 4.83 Å². The Balaban J connectivity index is 2.30. The van der Waals surface area contributed by atoms with Gasteiger partial charge in [0.1, 0.15) is 0 Å². The van der Waals surface area contributed by atoms with Crippen molar-refractivity contribution < 1.29 is 0 Å². The highest BCUT2D eigenvalue weighted by Gasteiger charge is 2.22. The van der Waals surface area contributed by atoms with E-state index in [-0.39, 0.29) is 0 Å². The Bertz CT molecular complexity index is 74.9. The lowest BCUT2D eigenvalue weighted by Gasteiger charge is -2.08. The van der Waals surface area contributed by atoms with Crippen LogP contribution in [-0.2, 0) is 0 Å². The first-order valence-corrected chi connectivity index (χ1v) is 4.10. The number of alkyl halides is 1. The molecule has 0 saturated heterocycles. The van der Waals surface area contributed by atoms with E-state index in [1.807, 2.05) is 0 Å². The monoisotopic (exact) mass is 177 g/mol. The second-order valence-corrected chi connectivity index (χ2v) is 3.62. The minimum absolute atomic E-state index is 0.715. The molecule has 2 N–H and O–H groups in total. The summed E-state index contributed by atoms with van der Waals surface area (Å²) in [6.45, 7) is 0.857. The van der Waals surface area contributed by atoms with Crippen LogP contribution < -0.4 is 5.73 Å².